The second-order valence-electron chi connectivity index (χ2n) is 5.87. The molecule has 134 valence electrons. The van der Waals surface area contributed by atoms with Gasteiger partial charge >= 0.3 is 0 Å². The highest BCUT2D eigenvalue weighted by Gasteiger charge is 2.31. The lowest BCUT2D eigenvalue weighted by Crippen LogP contribution is -2.50. The van der Waals surface area contributed by atoms with Gasteiger partial charge in [0.05, 0.1) is 28.5 Å². The van der Waals surface area contributed by atoms with Gasteiger partial charge in [0.15, 0.2) is 0 Å². The summed E-state index contributed by atoms with van der Waals surface area (Å²) in [7, 11) is -3.63. The van der Waals surface area contributed by atoms with Gasteiger partial charge in [-0.3, -0.25) is 9.78 Å². The van der Waals surface area contributed by atoms with Gasteiger partial charge in [0.25, 0.3) is 5.91 Å². The van der Waals surface area contributed by atoms with Gasteiger partial charge in [0.2, 0.25) is 10.0 Å². The van der Waals surface area contributed by atoms with Crippen LogP contribution in [0.3, 0.4) is 0 Å². The van der Waals surface area contributed by atoms with Gasteiger partial charge in [0.1, 0.15) is 5.69 Å². The van der Waals surface area contributed by atoms with Gasteiger partial charge in [-0.2, -0.15) is 4.31 Å². The number of carbonyl (C=O) groups excluding carboxylic acids is 1. The molecular weight excluding hydrogens is 356 g/mol. The number of benzene rings is 1. The zero-order valence-corrected chi connectivity index (χ0v) is 14.6. The maximum absolute atomic E-state index is 12.9. The Morgan fingerprint density at radius 2 is 1.88 bits per heavy atom. The minimum absolute atomic E-state index is 0.211. The normalized spacial score (nSPS) is 16.1. The molecule has 3 heterocycles. The van der Waals surface area contributed by atoms with E-state index in [4.69, 9.17) is 0 Å². The topological polar surface area (TPSA) is 112 Å². The highest BCUT2D eigenvalue weighted by atomic mass is 32.2. The van der Waals surface area contributed by atoms with Crippen LogP contribution in [-0.2, 0) is 10.0 Å². The average molecular weight is 372 g/mol. The van der Waals surface area contributed by atoms with Gasteiger partial charge in [-0.15, -0.1) is 0 Å². The first-order chi connectivity index (χ1) is 12.6. The van der Waals surface area contributed by atoms with Crippen LogP contribution in [0.15, 0.2) is 48.0 Å². The van der Waals surface area contributed by atoms with Crippen molar-refractivity contribution in [3.05, 3.63) is 48.8 Å². The first-order valence-corrected chi connectivity index (χ1v) is 9.48. The highest BCUT2D eigenvalue weighted by molar-refractivity contribution is 7.89. The highest BCUT2D eigenvalue weighted by Crippen LogP contribution is 2.21. The van der Waals surface area contributed by atoms with E-state index in [9.17, 15) is 13.2 Å². The SMILES string of the molecule is O=C(c1cnccn1)N1CCN(S(=O)(=O)c2ccc3nc[nH]c3c2)CC1. The predicted molar refractivity (Wildman–Crippen MR) is 92.8 cm³/mol. The number of nitrogens with one attached hydrogen (secondary N) is 1. The predicted octanol–water partition coefficient (Wildman–Crippen LogP) is 0.500. The zero-order valence-electron chi connectivity index (χ0n) is 13.7. The van der Waals surface area contributed by atoms with E-state index in [-0.39, 0.29) is 29.6 Å². The fourth-order valence-corrected chi connectivity index (χ4v) is 4.38. The van der Waals surface area contributed by atoms with Crippen molar-refractivity contribution in [1.29, 1.82) is 0 Å². The van der Waals surface area contributed by atoms with Crippen LogP contribution in [0.5, 0.6) is 0 Å². The fraction of sp³-hybridized carbons (Fsp3) is 0.250. The summed E-state index contributed by atoms with van der Waals surface area (Å²) >= 11 is 0. The molecule has 3 aromatic rings. The minimum atomic E-state index is -3.63. The quantitative estimate of drug-likeness (QED) is 0.716. The number of sulfonamides is 1. The van der Waals surface area contributed by atoms with Crippen LogP contribution >= 0.6 is 0 Å². The molecule has 0 spiro atoms. The Hall–Kier alpha value is -2.85. The third-order valence-electron chi connectivity index (χ3n) is 4.34. The Bertz CT molecular complexity index is 1040. The monoisotopic (exact) mass is 372 g/mol. The van der Waals surface area contributed by atoms with E-state index in [0.717, 1.165) is 0 Å². The summed E-state index contributed by atoms with van der Waals surface area (Å²) in [4.78, 5) is 29.1. The van der Waals surface area contributed by atoms with Crippen LogP contribution in [0.1, 0.15) is 10.5 Å². The van der Waals surface area contributed by atoms with Gasteiger partial charge in [-0.25, -0.2) is 18.4 Å². The molecule has 4 rings (SSSR count). The molecule has 1 saturated heterocycles. The summed E-state index contributed by atoms with van der Waals surface area (Å²) in [6.45, 7) is 1.08. The molecule has 1 N–H and O–H groups in total. The number of amides is 1. The van der Waals surface area contributed by atoms with Gasteiger partial charge in [-0.05, 0) is 18.2 Å². The number of imidazole rings is 1. The third-order valence-corrected chi connectivity index (χ3v) is 6.23. The molecule has 9 nitrogen and oxygen atoms in total. The van der Waals surface area contributed by atoms with Crippen LogP contribution in [0, 0.1) is 0 Å². The maximum atomic E-state index is 12.9. The molecule has 0 bridgehead atoms. The van der Waals surface area contributed by atoms with Crippen molar-refractivity contribution in [2.75, 3.05) is 26.2 Å². The molecule has 26 heavy (non-hydrogen) atoms. The lowest BCUT2D eigenvalue weighted by molar-refractivity contribution is 0.0691. The van der Waals surface area contributed by atoms with Crippen LogP contribution in [0.25, 0.3) is 11.0 Å². The number of hydrogen-bond acceptors (Lipinski definition) is 6. The molecule has 0 unspecified atom stereocenters. The molecule has 1 aromatic carbocycles. The summed E-state index contributed by atoms with van der Waals surface area (Å²) < 4.78 is 27.1. The van der Waals surface area contributed by atoms with Crippen molar-refractivity contribution in [3.63, 3.8) is 0 Å². The van der Waals surface area contributed by atoms with Crippen LogP contribution in [0.4, 0.5) is 0 Å². The van der Waals surface area contributed by atoms with E-state index < -0.39 is 10.0 Å². The summed E-state index contributed by atoms with van der Waals surface area (Å²) in [6.07, 6.45) is 5.89. The van der Waals surface area contributed by atoms with Crippen molar-refractivity contribution < 1.29 is 13.2 Å². The molecule has 1 aliphatic heterocycles. The molecule has 0 atom stereocenters. The Kier molecular flexibility index (Phi) is 4.13. The zero-order chi connectivity index (χ0) is 18.1. The van der Waals surface area contributed by atoms with E-state index in [1.54, 1.807) is 23.1 Å². The lowest BCUT2D eigenvalue weighted by atomic mass is 10.3. The Morgan fingerprint density at radius 1 is 1.08 bits per heavy atom. The fourth-order valence-electron chi connectivity index (χ4n) is 2.93. The Morgan fingerprint density at radius 3 is 2.62 bits per heavy atom. The van der Waals surface area contributed by atoms with Crippen LogP contribution in [0.2, 0.25) is 0 Å². The van der Waals surface area contributed by atoms with Crippen molar-refractivity contribution >= 4 is 27.0 Å². The van der Waals surface area contributed by atoms with Crippen LogP contribution in [-0.4, -0.2) is 69.6 Å². The number of hydrogen-bond donors (Lipinski definition) is 1. The number of aromatic amines is 1. The van der Waals surface area contributed by atoms with E-state index in [1.165, 1.54) is 29.2 Å². The van der Waals surface area contributed by atoms with E-state index in [0.29, 0.717) is 24.1 Å². The minimum Gasteiger partial charge on any atom is -0.345 e. The molecule has 0 radical (unpaired) electrons. The second-order valence-corrected chi connectivity index (χ2v) is 7.81. The summed E-state index contributed by atoms with van der Waals surface area (Å²) in [6, 6.07) is 4.80. The van der Waals surface area contributed by atoms with E-state index >= 15 is 0 Å². The first-order valence-electron chi connectivity index (χ1n) is 8.04. The number of fused-ring (bicyclic) bond motifs is 1. The molecule has 1 amide bonds. The largest absolute Gasteiger partial charge is 0.345 e. The Balaban J connectivity index is 1.49. The number of nitrogens with zero attached hydrogens (tertiary/aromatic N) is 5. The van der Waals surface area contributed by atoms with Crippen molar-refractivity contribution in [3.8, 4) is 0 Å². The summed E-state index contributed by atoms with van der Waals surface area (Å²) in [5.74, 6) is -0.242. The maximum Gasteiger partial charge on any atom is 0.274 e. The lowest BCUT2D eigenvalue weighted by Gasteiger charge is -2.33. The smallest absolute Gasteiger partial charge is 0.274 e. The van der Waals surface area contributed by atoms with E-state index in [1.807, 2.05) is 0 Å². The standard InChI is InChI=1S/C16H16N6O3S/c23-16(15-10-17-3-4-18-15)21-5-7-22(8-6-21)26(24,25)12-1-2-13-14(9-12)20-11-19-13/h1-4,9-11H,5-8H2,(H,19,20). The third kappa shape index (κ3) is 2.93. The van der Waals surface area contributed by atoms with Gasteiger partial charge in [-0.1, -0.05) is 0 Å². The van der Waals surface area contributed by atoms with Gasteiger partial charge < -0.3 is 9.88 Å². The second kappa shape index (κ2) is 6.46. The number of carbonyl (C=O) groups is 1. The molecule has 0 aliphatic carbocycles. The van der Waals surface area contributed by atoms with Crippen molar-refractivity contribution in [2.24, 2.45) is 0 Å². The number of rotatable bonds is 3. The Labute approximate surface area is 149 Å². The van der Waals surface area contributed by atoms with Gasteiger partial charge in [0, 0.05) is 38.6 Å². The van der Waals surface area contributed by atoms with Crippen molar-refractivity contribution in [2.45, 2.75) is 4.90 Å². The summed E-state index contributed by atoms with van der Waals surface area (Å²) in [5.41, 5.74) is 1.64. The molecule has 0 saturated carbocycles. The molecule has 1 fully saturated rings. The van der Waals surface area contributed by atoms with E-state index in [2.05, 4.69) is 19.9 Å². The molecule has 10 heteroatoms. The summed E-state index contributed by atoms with van der Waals surface area (Å²) in [5, 5.41) is 0. The average Bonchev–Trinajstić information content (AvgIpc) is 3.16. The molecule has 2 aromatic heterocycles. The molecular formula is C16H16N6O3S. The number of H-pyrrole nitrogens is 1. The first kappa shape index (κ1) is 16.6. The number of piperazine rings is 1. The number of aromatic nitrogens is 4. The van der Waals surface area contributed by atoms with Crippen molar-refractivity contribution in [1.82, 2.24) is 29.1 Å². The molecule has 1 aliphatic rings. The van der Waals surface area contributed by atoms with Crippen LogP contribution < -0.4 is 0 Å².